The Hall–Kier alpha value is -3.93. The van der Waals surface area contributed by atoms with E-state index in [-0.39, 0.29) is 18.2 Å². The van der Waals surface area contributed by atoms with Crippen LogP contribution in [0.4, 0.5) is 23.7 Å². The zero-order valence-electron chi connectivity index (χ0n) is 21.8. The Morgan fingerprint density at radius 2 is 1.56 bits per heavy atom. The second-order valence-corrected chi connectivity index (χ2v) is 10.6. The average Bonchev–Trinajstić information content (AvgIpc) is 2.87. The van der Waals surface area contributed by atoms with Gasteiger partial charge in [-0.25, -0.2) is 4.79 Å². The summed E-state index contributed by atoms with van der Waals surface area (Å²) < 4.78 is 80.1. The minimum absolute atomic E-state index is 0.103. The number of benzene rings is 3. The third kappa shape index (κ3) is 8.28. The smallest absolute Gasteiger partial charge is 0.416 e. The minimum Gasteiger partial charge on any atom is -0.497 e. The Bertz CT molecular complexity index is 1390. The maximum absolute atomic E-state index is 13.2. The Morgan fingerprint density at radius 3 is 2.15 bits per heavy atom. The number of hydrogen-bond acceptors (Lipinski definition) is 6. The number of methoxy groups -OCH3 is 2. The van der Waals surface area contributed by atoms with Crippen molar-refractivity contribution in [2.24, 2.45) is 5.92 Å². The lowest BCUT2D eigenvalue weighted by Crippen LogP contribution is -2.37. The van der Waals surface area contributed by atoms with E-state index in [1.54, 1.807) is 24.3 Å². The fraction of sp³-hybridized carbons (Fsp3) is 0.296. The molecule has 0 spiro atoms. The summed E-state index contributed by atoms with van der Waals surface area (Å²) in [5, 5.41) is 2.82. The van der Waals surface area contributed by atoms with E-state index in [9.17, 15) is 26.4 Å². The number of alkyl halides is 3. The summed E-state index contributed by atoms with van der Waals surface area (Å²) in [6, 6.07) is 13.8. The maximum atomic E-state index is 13.2. The van der Waals surface area contributed by atoms with E-state index >= 15 is 0 Å². The molecular weight excluding hydrogens is 537 g/mol. The second kappa shape index (κ2) is 12.3. The summed E-state index contributed by atoms with van der Waals surface area (Å²) in [6.45, 7) is 4.36. The van der Waals surface area contributed by atoms with Gasteiger partial charge in [0.15, 0.2) is 0 Å². The molecule has 0 atom stereocenters. The van der Waals surface area contributed by atoms with Crippen molar-refractivity contribution in [1.82, 2.24) is 4.90 Å². The highest BCUT2D eigenvalue weighted by atomic mass is 32.2. The van der Waals surface area contributed by atoms with Gasteiger partial charge >= 0.3 is 22.3 Å². The Morgan fingerprint density at radius 1 is 0.923 bits per heavy atom. The summed E-state index contributed by atoms with van der Waals surface area (Å²) in [4.78, 5) is 14.1. The number of carbonyl (C=O) groups is 1. The van der Waals surface area contributed by atoms with Crippen LogP contribution in [-0.2, 0) is 22.8 Å². The summed E-state index contributed by atoms with van der Waals surface area (Å²) >= 11 is 0. The number of nitrogens with zero attached hydrogens (tertiary/aromatic N) is 1. The SMILES string of the molecule is COc1cc(NC(=O)N(Cc2cccc(OS(=O)(=O)c3cccc(C(F)(F)F)c3)c2)CC(C)C)cc(OC)c1. The summed E-state index contributed by atoms with van der Waals surface area (Å²) in [5.41, 5.74) is -0.107. The molecule has 0 aromatic heterocycles. The van der Waals surface area contributed by atoms with Gasteiger partial charge in [-0.1, -0.05) is 32.0 Å². The first-order valence-corrected chi connectivity index (χ1v) is 13.2. The zero-order chi connectivity index (χ0) is 28.8. The lowest BCUT2D eigenvalue weighted by Gasteiger charge is -2.25. The van der Waals surface area contributed by atoms with Crippen molar-refractivity contribution >= 4 is 21.8 Å². The molecule has 210 valence electrons. The minimum atomic E-state index is -4.71. The van der Waals surface area contributed by atoms with Gasteiger partial charge < -0.3 is 23.9 Å². The Labute approximate surface area is 225 Å². The van der Waals surface area contributed by atoms with Crippen molar-refractivity contribution in [3.63, 3.8) is 0 Å². The van der Waals surface area contributed by atoms with E-state index in [0.29, 0.717) is 35.4 Å². The molecule has 3 aromatic carbocycles. The highest BCUT2D eigenvalue weighted by Crippen LogP contribution is 2.31. The highest BCUT2D eigenvalue weighted by molar-refractivity contribution is 7.87. The molecule has 0 aliphatic carbocycles. The van der Waals surface area contributed by atoms with Gasteiger partial charge in [0.05, 0.1) is 19.8 Å². The van der Waals surface area contributed by atoms with E-state index < -0.39 is 32.8 Å². The second-order valence-electron chi connectivity index (χ2n) is 9.02. The van der Waals surface area contributed by atoms with Crippen LogP contribution >= 0.6 is 0 Å². The fourth-order valence-corrected chi connectivity index (χ4v) is 4.63. The van der Waals surface area contributed by atoms with Crippen LogP contribution in [0.25, 0.3) is 0 Å². The van der Waals surface area contributed by atoms with Crippen LogP contribution < -0.4 is 19.0 Å². The third-order valence-electron chi connectivity index (χ3n) is 5.40. The normalized spacial score (nSPS) is 11.7. The molecule has 0 aliphatic heterocycles. The van der Waals surface area contributed by atoms with E-state index in [1.165, 1.54) is 37.3 Å². The summed E-state index contributed by atoms with van der Waals surface area (Å²) in [6.07, 6.45) is -4.71. The largest absolute Gasteiger partial charge is 0.497 e. The number of urea groups is 1. The predicted octanol–water partition coefficient (Wildman–Crippen LogP) is 6.18. The summed E-state index contributed by atoms with van der Waals surface area (Å²) in [7, 11) is -1.56. The van der Waals surface area contributed by atoms with Crippen molar-refractivity contribution in [2.75, 3.05) is 26.1 Å². The quantitative estimate of drug-likeness (QED) is 0.295. The fourth-order valence-electron chi connectivity index (χ4n) is 3.66. The van der Waals surface area contributed by atoms with Crippen molar-refractivity contribution in [1.29, 1.82) is 0 Å². The molecule has 1 N–H and O–H groups in total. The zero-order valence-corrected chi connectivity index (χ0v) is 22.6. The van der Waals surface area contributed by atoms with Crippen molar-refractivity contribution < 1.29 is 40.0 Å². The van der Waals surface area contributed by atoms with Crippen molar-refractivity contribution in [2.45, 2.75) is 31.5 Å². The molecule has 2 amide bonds. The van der Waals surface area contributed by atoms with Gasteiger partial charge in [0.2, 0.25) is 0 Å². The van der Waals surface area contributed by atoms with E-state index in [1.807, 2.05) is 13.8 Å². The van der Waals surface area contributed by atoms with Gasteiger partial charge in [0.1, 0.15) is 22.1 Å². The number of ether oxygens (including phenoxy) is 2. The van der Waals surface area contributed by atoms with Gasteiger partial charge in [-0.2, -0.15) is 21.6 Å². The maximum Gasteiger partial charge on any atom is 0.416 e. The van der Waals surface area contributed by atoms with Crippen LogP contribution in [0.5, 0.6) is 17.2 Å². The Kier molecular flexibility index (Phi) is 9.33. The van der Waals surface area contributed by atoms with Gasteiger partial charge in [0.25, 0.3) is 0 Å². The number of amides is 2. The highest BCUT2D eigenvalue weighted by Gasteiger charge is 2.32. The Balaban J connectivity index is 1.80. The first-order chi connectivity index (χ1) is 18.3. The van der Waals surface area contributed by atoms with Crippen LogP contribution in [0.15, 0.2) is 71.6 Å². The molecule has 0 bridgehead atoms. The number of nitrogens with one attached hydrogen (secondary N) is 1. The number of hydrogen-bond donors (Lipinski definition) is 1. The van der Waals surface area contributed by atoms with Gasteiger partial charge in [0, 0.05) is 37.0 Å². The topological polar surface area (TPSA) is 94.2 Å². The lowest BCUT2D eigenvalue weighted by atomic mass is 10.1. The van der Waals surface area contributed by atoms with Crippen LogP contribution in [-0.4, -0.2) is 40.1 Å². The van der Waals surface area contributed by atoms with Crippen LogP contribution in [0.3, 0.4) is 0 Å². The summed E-state index contributed by atoms with van der Waals surface area (Å²) in [5.74, 6) is 0.988. The average molecular weight is 567 g/mol. The molecule has 8 nitrogen and oxygen atoms in total. The monoisotopic (exact) mass is 566 g/mol. The molecule has 3 rings (SSSR count). The molecule has 0 unspecified atom stereocenters. The number of anilines is 1. The van der Waals surface area contributed by atoms with E-state index in [4.69, 9.17) is 13.7 Å². The molecule has 0 fully saturated rings. The molecule has 0 saturated carbocycles. The van der Waals surface area contributed by atoms with Crippen LogP contribution in [0.1, 0.15) is 25.0 Å². The molecule has 12 heteroatoms. The molecule has 0 aliphatic rings. The van der Waals surface area contributed by atoms with Crippen molar-refractivity contribution in [3.8, 4) is 17.2 Å². The lowest BCUT2D eigenvalue weighted by molar-refractivity contribution is -0.137. The van der Waals surface area contributed by atoms with Crippen LogP contribution in [0, 0.1) is 5.92 Å². The van der Waals surface area contributed by atoms with E-state index in [0.717, 1.165) is 18.2 Å². The van der Waals surface area contributed by atoms with Crippen LogP contribution in [0.2, 0.25) is 0 Å². The van der Waals surface area contributed by atoms with Crippen molar-refractivity contribution in [3.05, 3.63) is 77.9 Å². The first kappa shape index (κ1) is 29.6. The van der Waals surface area contributed by atoms with Gasteiger partial charge in [-0.05, 0) is 41.8 Å². The first-order valence-electron chi connectivity index (χ1n) is 11.8. The molecule has 0 saturated heterocycles. The van der Waals surface area contributed by atoms with E-state index in [2.05, 4.69) is 5.32 Å². The number of rotatable bonds is 10. The third-order valence-corrected chi connectivity index (χ3v) is 6.65. The number of halogens is 3. The van der Waals surface area contributed by atoms with Gasteiger partial charge in [-0.15, -0.1) is 0 Å². The molecule has 3 aromatic rings. The molecule has 0 heterocycles. The predicted molar refractivity (Wildman–Crippen MR) is 140 cm³/mol. The van der Waals surface area contributed by atoms with Gasteiger partial charge in [-0.3, -0.25) is 0 Å². The standard InChI is InChI=1S/C27H29F3N2O6S/c1-18(2)16-32(26(33)31-21-13-23(36-3)15-24(14-21)37-4)17-19-7-5-9-22(11-19)38-39(34,35)25-10-6-8-20(12-25)27(28,29)30/h5-15,18H,16-17H2,1-4H3,(H,31,33). The molecular formula is C27H29F3N2O6S. The molecule has 0 radical (unpaired) electrons. The number of carbonyl (C=O) groups excluding carboxylic acids is 1. The molecule has 39 heavy (non-hydrogen) atoms.